The van der Waals surface area contributed by atoms with Gasteiger partial charge in [0, 0.05) is 5.39 Å². The van der Waals surface area contributed by atoms with Crippen LogP contribution in [0.5, 0.6) is 0 Å². The van der Waals surface area contributed by atoms with Crippen LogP contribution in [0.1, 0.15) is 5.56 Å². The van der Waals surface area contributed by atoms with E-state index in [4.69, 9.17) is 5.73 Å². The highest BCUT2D eigenvalue weighted by Crippen LogP contribution is 2.21. The Morgan fingerprint density at radius 3 is 2.79 bits per heavy atom. The van der Waals surface area contributed by atoms with E-state index in [1.165, 1.54) is 17.3 Å². The molecule has 0 spiro atoms. The third-order valence-electron chi connectivity index (χ3n) is 2.04. The van der Waals surface area contributed by atoms with Crippen LogP contribution >= 0.6 is 11.8 Å². The summed E-state index contributed by atoms with van der Waals surface area (Å²) >= 11 is 1.50. The van der Waals surface area contributed by atoms with Gasteiger partial charge in [0.15, 0.2) is 5.16 Å². The third-order valence-corrected chi connectivity index (χ3v) is 2.59. The summed E-state index contributed by atoms with van der Waals surface area (Å²) in [6.07, 6.45) is 1.94. The maximum absolute atomic E-state index is 5.82. The van der Waals surface area contributed by atoms with Gasteiger partial charge < -0.3 is 5.73 Å². The van der Waals surface area contributed by atoms with Crippen molar-refractivity contribution < 1.29 is 0 Å². The van der Waals surface area contributed by atoms with Crippen LogP contribution < -0.4 is 5.73 Å². The zero-order chi connectivity index (χ0) is 10.1. The number of fused-ring (bicyclic) bond motifs is 1. The second-order valence-electron chi connectivity index (χ2n) is 3.12. The number of benzene rings is 1. The van der Waals surface area contributed by atoms with Crippen molar-refractivity contribution in [1.29, 1.82) is 0 Å². The zero-order valence-electron chi connectivity index (χ0n) is 8.11. The molecule has 2 rings (SSSR count). The number of aromatic nitrogens is 2. The Morgan fingerprint density at radius 2 is 2.07 bits per heavy atom. The van der Waals surface area contributed by atoms with Crippen LogP contribution in [0.15, 0.2) is 23.4 Å². The van der Waals surface area contributed by atoms with E-state index >= 15 is 0 Å². The van der Waals surface area contributed by atoms with E-state index in [2.05, 4.69) is 9.97 Å². The lowest BCUT2D eigenvalue weighted by molar-refractivity contribution is 1.01. The maximum Gasteiger partial charge on any atom is 0.189 e. The number of nitrogens with zero attached hydrogens (tertiary/aromatic N) is 2. The van der Waals surface area contributed by atoms with Gasteiger partial charge in [0.2, 0.25) is 0 Å². The van der Waals surface area contributed by atoms with Gasteiger partial charge in [-0.15, -0.1) is 0 Å². The molecule has 0 aliphatic heterocycles. The van der Waals surface area contributed by atoms with Crippen molar-refractivity contribution in [3.63, 3.8) is 0 Å². The first-order chi connectivity index (χ1) is 6.70. The molecule has 72 valence electrons. The van der Waals surface area contributed by atoms with Crippen molar-refractivity contribution >= 4 is 28.5 Å². The summed E-state index contributed by atoms with van der Waals surface area (Å²) in [4.78, 5) is 8.57. The Labute approximate surface area is 86.7 Å². The monoisotopic (exact) mass is 205 g/mol. The fraction of sp³-hybridized carbons (Fsp3) is 0.200. The van der Waals surface area contributed by atoms with Gasteiger partial charge in [0.05, 0.1) is 5.52 Å². The van der Waals surface area contributed by atoms with Gasteiger partial charge in [-0.3, -0.25) is 0 Å². The number of rotatable bonds is 1. The van der Waals surface area contributed by atoms with Crippen molar-refractivity contribution in [2.75, 3.05) is 12.0 Å². The van der Waals surface area contributed by atoms with E-state index in [0.717, 1.165) is 16.1 Å². The van der Waals surface area contributed by atoms with Crippen LogP contribution in [-0.2, 0) is 0 Å². The van der Waals surface area contributed by atoms with Crippen LogP contribution in [0.2, 0.25) is 0 Å². The minimum atomic E-state index is 0.555. The molecule has 3 nitrogen and oxygen atoms in total. The van der Waals surface area contributed by atoms with Crippen molar-refractivity contribution in [1.82, 2.24) is 9.97 Å². The number of hydrogen-bond donors (Lipinski definition) is 1. The number of thioether (sulfide) groups is 1. The largest absolute Gasteiger partial charge is 0.383 e. The summed E-state index contributed by atoms with van der Waals surface area (Å²) in [5, 5.41) is 1.65. The molecule has 0 amide bonds. The van der Waals surface area contributed by atoms with Crippen molar-refractivity contribution in [2.24, 2.45) is 0 Å². The lowest BCUT2D eigenvalue weighted by Gasteiger charge is -2.03. The SMILES string of the molecule is CSc1nc(N)c2ccc(C)cc2n1. The van der Waals surface area contributed by atoms with E-state index in [-0.39, 0.29) is 0 Å². The summed E-state index contributed by atoms with van der Waals surface area (Å²) in [6.45, 7) is 2.04. The first kappa shape index (κ1) is 9.27. The average molecular weight is 205 g/mol. The number of aryl methyl sites for hydroxylation is 1. The molecular weight excluding hydrogens is 194 g/mol. The molecule has 0 unspecified atom stereocenters. The second kappa shape index (κ2) is 3.46. The summed E-state index contributed by atoms with van der Waals surface area (Å²) in [5.41, 5.74) is 7.92. The molecule has 1 aromatic carbocycles. The molecule has 0 bridgehead atoms. The minimum absolute atomic E-state index is 0.555. The van der Waals surface area contributed by atoms with Crippen molar-refractivity contribution in [3.05, 3.63) is 23.8 Å². The smallest absolute Gasteiger partial charge is 0.189 e. The van der Waals surface area contributed by atoms with Gasteiger partial charge in [-0.1, -0.05) is 17.8 Å². The molecule has 1 aromatic heterocycles. The molecule has 1 heterocycles. The molecule has 2 N–H and O–H groups in total. The molecular formula is C10H11N3S. The minimum Gasteiger partial charge on any atom is -0.383 e. The lowest BCUT2D eigenvalue weighted by atomic mass is 10.2. The first-order valence-electron chi connectivity index (χ1n) is 4.28. The summed E-state index contributed by atoms with van der Waals surface area (Å²) < 4.78 is 0. The fourth-order valence-electron chi connectivity index (χ4n) is 1.33. The van der Waals surface area contributed by atoms with E-state index in [0.29, 0.717) is 5.82 Å². The summed E-state index contributed by atoms with van der Waals surface area (Å²) in [7, 11) is 0. The normalized spacial score (nSPS) is 10.7. The van der Waals surface area contributed by atoms with Gasteiger partial charge in [-0.2, -0.15) is 0 Å². The Kier molecular flexibility index (Phi) is 2.29. The van der Waals surface area contributed by atoms with Crippen LogP contribution in [0.25, 0.3) is 10.9 Å². The Bertz CT molecular complexity index is 482. The van der Waals surface area contributed by atoms with Crippen molar-refractivity contribution in [2.45, 2.75) is 12.1 Å². The van der Waals surface area contributed by atoms with Gasteiger partial charge in [0.1, 0.15) is 5.82 Å². The van der Waals surface area contributed by atoms with Crippen LogP contribution in [-0.4, -0.2) is 16.2 Å². The van der Waals surface area contributed by atoms with Crippen LogP contribution in [0, 0.1) is 6.92 Å². The zero-order valence-corrected chi connectivity index (χ0v) is 8.93. The molecule has 0 fully saturated rings. The third kappa shape index (κ3) is 1.53. The number of nitrogen functional groups attached to an aromatic ring is 1. The van der Waals surface area contributed by atoms with E-state index in [1.54, 1.807) is 0 Å². The highest BCUT2D eigenvalue weighted by Gasteiger charge is 2.03. The van der Waals surface area contributed by atoms with E-state index in [1.807, 2.05) is 31.4 Å². The van der Waals surface area contributed by atoms with Crippen LogP contribution in [0.4, 0.5) is 5.82 Å². The summed E-state index contributed by atoms with van der Waals surface area (Å²) in [5.74, 6) is 0.555. The van der Waals surface area contributed by atoms with Gasteiger partial charge in [0.25, 0.3) is 0 Å². The predicted molar refractivity (Wildman–Crippen MR) is 60.5 cm³/mol. The lowest BCUT2D eigenvalue weighted by Crippen LogP contribution is -1.96. The maximum atomic E-state index is 5.82. The molecule has 0 saturated heterocycles. The molecule has 2 aromatic rings. The second-order valence-corrected chi connectivity index (χ2v) is 3.89. The summed E-state index contributed by atoms with van der Waals surface area (Å²) in [6, 6.07) is 6.00. The first-order valence-corrected chi connectivity index (χ1v) is 5.51. The van der Waals surface area contributed by atoms with E-state index in [9.17, 15) is 0 Å². The van der Waals surface area contributed by atoms with Gasteiger partial charge >= 0.3 is 0 Å². The molecule has 0 atom stereocenters. The Hall–Kier alpha value is -1.29. The topological polar surface area (TPSA) is 51.8 Å². The Morgan fingerprint density at radius 1 is 1.29 bits per heavy atom. The number of nitrogens with two attached hydrogens (primary N) is 1. The van der Waals surface area contributed by atoms with Crippen LogP contribution in [0.3, 0.4) is 0 Å². The highest BCUT2D eigenvalue weighted by atomic mass is 32.2. The molecule has 0 radical (unpaired) electrons. The highest BCUT2D eigenvalue weighted by molar-refractivity contribution is 7.98. The number of hydrogen-bond acceptors (Lipinski definition) is 4. The number of anilines is 1. The molecule has 0 aliphatic rings. The predicted octanol–water partition coefficient (Wildman–Crippen LogP) is 2.24. The van der Waals surface area contributed by atoms with E-state index < -0.39 is 0 Å². The van der Waals surface area contributed by atoms with Gasteiger partial charge in [-0.25, -0.2) is 9.97 Å². The molecule has 0 aliphatic carbocycles. The Balaban J connectivity index is 2.77. The molecule has 0 saturated carbocycles. The van der Waals surface area contributed by atoms with Gasteiger partial charge in [-0.05, 0) is 30.9 Å². The average Bonchev–Trinajstić information content (AvgIpc) is 2.16. The molecule has 14 heavy (non-hydrogen) atoms. The van der Waals surface area contributed by atoms with Crippen molar-refractivity contribution in [3.8, 4) is 0 Å². The molecule has 4 heteroatoms. The standard InChI is InChI=1S/C10H11N3S/c1-6-3-4-7-8(5-6)12-10(14-2)13-9(7)11/h3-5H,1-2H3,(H2,11,12,13). The quantitative estimate of drug-likeness (QED) is 0.573. The fourth-order valence-corrected chi connectivity index (χ4v) is 1.71.